The molecule has 0 aliphatic heterocycles. The van der Waals surface area contributed by atoms with Crippen LogP contribution in [0.25, 0.3) is 10.9 Å². The second-order valence-corrected chi connectivity index (χ2v) is 7.03. The molecule has 6 nitrogen and oxygen atoms in total. The Hall–Kier alpha value is -2.51. The molecule has 3 N–H and O–H groups in total. The van der Waals surface area contributed by atoms with Crippen molar-refractivity contribution in [3.63, 3.8) is 0 Å². The molecule has 3 rings (SSSR count). The molecule has 0 spiro atoms. The highest BCUT2D eigenvalue weighted by Gasteiger charge is 2.28. The van der Waals surface area contributed by atoms with E-state index in [1.54, 1.807) is 30.3 Å². The highest BCUT2D eigenvalue weighted by Crippen LogP contribution is 2.37. The van der Waals surface area contributed by atoms with E-state index in [1.807, 2.05) is 0 Å². The number of hydrogen-bond donors (Lipinski definition) is 2. The molecule has 0 fully saturated rings. The number of amides is 1. The number of sulfone groups is 1. The topological polar surface area (TPSA) is 102 Å². The molecule has 3 aromatic rings. The van der Waals surface area contributed by atoms with Crippen molar-refractivity contribution >= 4 is 38.4 Å². The molecule has 1 amide bonds. The number of rotatable bonds is 3. The van der Waals surface area contributed by atoms with Crippen LogP contribution in [0, 0.1) is 0 Å². The first-order valence-corrected chi connectivity index (χ1v) is 8.34. The molecule has 1 aromatic heterocycles. The average Bonchev–Trinajstić information content (AvgIpc) is 2.85. The molecule has 0 atom stereocenters. The van der Waals surface area contributed by atoms with Gasteiger partial charge in [-0.05, 0) is 30.3 Å². The lowest BCUT2D eigenvalue weighted by Gasteiger charge is -2.06. The number of hydrogen-bond acceptors (Lipinski definition) is 4. The fourth-order valence-corrected chi connectivity index (χ4v) is 3.99. The summed E-state index contributed by atoms with van der Waals surface area (Å²) in [4.78, 5) is 13.7. The van der Waals surface area contributed by atoms with Crippen molar-refractivity contribution in [3.8, 4) is 5.88 Å². The Morgan fingerprint density at radius 1 is 1.13 bits per heavy atom. The molecule has 8 heteroatoms. The van der Waals surface area contributed by atoms with Gasteiger partial charge < -0.3 is 15.5 Å². The summed E-state index contributed by atoms with van der Waals surface area (Å²) in [5.74, 6) is -0.237. The predicted octanol–water partition coefficient (Wildman–Crippen LogP) is 3.11. The van der Waals surface area contributed by atoms with Crippen LogP contribution in [-0.2, 0) is 9.84 Å². The van der Waals surface area contributed by atoms with Gasteiger partial charge in [-0.15, -0.1) is 0 Å². The lowest BCUT2D eigenvalue weighted by Crippen LogP contribution is -2.18. The van der Waals surface area contributed by atoms with Crippen LogP contribution in [0.2, 0.25) is 5.02 Å². The minimum Gasteiger partial charge on any atom is -0.392 e. The maximum atomic E-state index is 12.9. The number of nitrogens with two attached hydrogens (primary N) is 1. The molecule has 118 valence electrons. The first-order chi connectivity index (χ1) is 10.9. The van der Waals surface area contributed by atoms with Crippen molar-refractivity contribution in [2.75, 3.05) is 0 Å². The number of nitrogens with one attached hydrogen (secondary N) is 1. The largest absolute Gasteiger partial charge is 0.411 e. The Balaban J connectivity index is 2.34. The molecule has 0 bridgehead atoms. The molecule has 23 heavy (non-hydrogen) atoms. The Labute approximate surface area is 136 Å². The smallest absolute Gasteiger partial charge is 0.392 e. The zero-order chi connectivity index (χ0) is 16.6. The molecule has 0 saturated carbocycles. The minimum absolute atomic E-state index is 0.0650. The molecule has 0 aliphatic carbocycles. The number of H-pyrrole nitrogens is 1. The van der Waals surface area contributed by atoms with Crippen LogP contribution >= 0.6 is 11.6 Å². The quantitative estimate of drug-likeness (QED) is 0.757. The lowest BCUT2D eigenvalue weighted by molar-refractivity contribution is 0.208. The van der Waals surface area contributed by atoms with Gasteiger partial charge in [-0.3, -0.25) is 0 Å². The van der Waals surface area contributed by atoms with Crippen LogP contribution in [0.5, 0.6) is 5.88 Å². The van der Waals surface area contributed by atoms with Gasteiger partial charge >= 0.3 is 6.09 Å². The summed E-state index contributed by atoms with van der Waals surface area (Å²) in [6.45, 7) is 0. The van der Waals surface area contributed by atoms with Crippen molar-refractivity contribution in [1.29, 1.82) is 0 Å². The standard InChI is InChI=1S/C15H11ClN2O4S/c16-9-6-7-12-11(8-9)13(14(18-12)22-15(17)19)23(20,21)10-4-2-1-3-5-10/h1-8,18H,(H2,17,19). The molecule has 0 unspecified atom stereocenters. The number of fused-ring (bicyclic) bond motifs is 1. The van der Waals surface area contributed by atoms with Crippen LogP contribution in [-0.4, -0.2) is 19.5 Å². The van der Waals surface area contributed by atoms with Crippen molar-refractivity contribution in [2.24, 2.45) is 5.73 Å². The van der Waals surface area contributed by atoms with E-state index in [4.69, 9.17) is 22.1 Å². The zero-order valence-corrected chi connectivity index (χ0v) is 13.2. The van der Waals surface area contributed by atoms with Crippen molar-refractivity contribution in [2.45, 2.75) is 9.79 Å². The maximum absolute atomic E-state index is 12.9. The van der Waals surface area contributed by atoms with E-state index in [0.29, 0.717) is 15.9 Å². The van der Waals surface area contributed by atoms with Gasteiger partial charge in [0.15, 0.2) is 0 Å². The number of aromatic amines is 1. The molecular weight excluding hydrogens is 340 g/mol. The SMILES string of the molecule is NC(=O)Oc1[nH]c2ccc(Cl)cc2c1S(=O)(=O)c1ccccc1. The molecule has 1 heterocycles. The van der Waals surface area contributed by atoms with Gasteiger partial charge in [0.05, 0.1) is 4.90 Å². The fourth-order valence-electron chi connectivity index (χ4n) is 2.27. The molecule has 0 saturated heterocycles. The lowest BCUT2D eigenvalue weighted by atomic mass is 10.2. The van der Waals surface area contributed by atoms with E-state index in [9.17, 15) is 13.2 Å². The average molecular weight is 351 g/mol. The molecular formula is C15H11ClN2O4S. The van der Waals surface area contributed by atoms with E-state index >= 15 is 0 Å². The summed E-state index contributed by atoms with van der Waals surface area (Å²) in [5, 5.41) is 0.671. The number of benzene rings is 2. The Bertz CT molecular complexity index is 997. The van der Waals surface area contributed by atoms with Crippen molar-refractivity contribution in [3.05, 3.63) is 53.6 Å². The summed E-state index contributed by atoms with van der Waals surface area (Å²) in [7, 11) is -3.94. The number of primary amides is 1. The van der Waals surface area contributed by atoms with Gasteiger partial charge in [0, 0.05) is 15.9 Å². The fraction of sp³-hybridized carbons (Fsp3) is 0. The Morgan fingerprint density at radius 2 is 1.83 bits per heavy atom. The second-order valence-electron chi connectivity index (χ2n) is 4.71. The van der Waals surface area contributed by atoms with E-state index in [1.165, 1.54) is 18.2 Å². The normalized spacial score (nSPS) is 11.5. The highest BCUT2D eigenvalue weighted by atomic mass is 35.5. The summed E-state index contributed by atoms with van der Waals surface area (Å²) in [6, 6.07) is 12.5. The number of carbonyl (C=O) groups excluding carboxylic acids is 1. The first-order valence-electron chi connectivity index (χ1n) is 6.48. The monoisotopic (exact) mass is 350 g/mol. The van der Waals surface area contributed by atoms with E-state index in [0.717, 1.165) is 0 Å². The van der Waals surface area contributed by atoms with Crippen molar-refractivity contribution in [1.82, 2.24) is 4.98 Å². The first kappa shape index (κ1) is 15.4. The van der Waals surface area contributed by atoms with Gasteiger partial charge in [-0.1, -0.05) is 29.8 Å². The van der Waals surface area contributed by atoms with Crippen LogP contribution < -0.4 is 10.5 Å². The molecule has 0 aliphatic rings. The molecule has 2 aromatic carbocycles. The van der Waals surface area contributed by atoms with E-state index < -0.39 is 15.9 Å². The number of carbonyl (C=O) groups is 1. The van der Waals surface area contributed by atoms with Crippen LogP contribution in [0.1, 0.15) is 0 Å². The summed E-state index contributed by atoms with van der Waals surface area (Å²) >= 11 is 5.96. The van der Waals surface area contributed by atoms with Crippen LogP contribution in [0.15, 0.2) is 58.3 Å². The van der Waals surface area contributed by atoms with Gasteiger partial charge in [0.25, 0.3) is 0 Å². The van der Waals surface area contributed by atoms with Gasteiger partial charge in [0.2, 0.25) is 15.7 Å². The zero-order valence-electron chi connectivity index (χ0n) is 11.6. The number of halogens is 1. The number of aromatic nitrogens is 1. The third kappa shape index (κ3) is 2.76. The summed E-state index contributed by atoms with van der Waals surface area (Å²) < 4.78 is 30.7. The summed E-state index contributed by atoms with van der Waals surface area (Å²) in [6.07, 6.45) is -1.12. The predicted molar refractivity (Wildman–Crippen MR) is 85.4 cm³/mol. The van der Waals surface area contributed by atoms with Crippen molar-refractivity contribution < 1.29 is 17.9 Å². The van der Waals surface area contributed by atoms with Gasteiger partial charge in [-0.25, -0.2) is 13.2 Å². The molecule has 0 radical (unpaired) electrons. The van der Waals surface area contributed by atoms with E-state index in [2.05, 4.69) is 4.98 Å². The van der Waals surface area contributed by atoms with E-state index in [-0.39, 0.29) is 15.7 Å². The second kappa shape index (κ2) is 5.60. The van der Waals surface area contributed by atoms with Crippen LogP contribution in [0.3, 0.4) is 0 Å². The Kier molecular flexibility index (Phi) is 3.75. The van der Waals surface area contributed by atoms with Gasteiger partial charge in [0.1, 0.15) is 4.90 Å². The minimum atomic E-state index is -3.94. The van der Waals surface area contributed by atoms with Gasteiger partial charge in [-0.2, -0.15) is 0 Å². The highest BCUT2D eigenvalue weighted by molar-refractivity contribution is 7.91. The number of ether oxygens (including phenoxy) is 1. The third-order valence-corrected chi connectivity index (χ3v) is 5.28. The summed E-state index contributed by atoms with van der Waals surface area (Å²) in [5.41, 5.74) is 5.48. The van der Waals surface area contributed by atoms with Crippen LogP contribution in [0.4, 0.5) is 4.79 Å². The Morgan fingerprint density at radius 3 is 2.48 bits per heavy atom. The maximum Gasteiger partial charge on any atom is 0.411 e. The third-order valence-electron chi connectivity index (χ3n) is 3.21.